The van der Waals surface area contributed by atoms with Crippen molar-refractivity contribution in [1.82, 2.24) is 4.90 Å². The molecule has 0 aromatic heterocycles. The summed E-state index contributed by atoms with van der Waals surface area (Å²) in [6.45, 7) is 1.52. The molecule has 0 spiro atoms. The Morgan fingerprint density at radius 2 is 1.77 bits per heavy atom. The first-order valence-electron chi connectivity index (χ1n) is 9.33. The Labute approximate surface area is 171 Å². The maximum absolute atomic E-state index is 13.9. The Kier molecular flexibility index (Phi) is 6.07. The van der Waals surface area contributed by atoms with Crippen LogP contribution in [0.3, 0.4) is 0 Å². The van der Waals surface area contributed by atoms with E-state index in [1.807, 2.05) is 0 Å². The molecule has 6 nitrogen and oxygen atoms in total. The van der Waals surface area contributed by atoms with Crippen molar-refractivity contribution in [3.05, 3.63) is 53.6 Å². The highest BCUT2D eigenvalue weighted by Gasteiger charge is 2.60. The van der Waals surface area contributed by atoms with Gasteiger partial charge in [-0.15, -0.1) is 0 Å². The minimum Gasteiger partial charge on any atom is -0.492 e. The lowest BCUT2D eigenvalue weighted by Gasteiger charge is -2.28. The number of benzene rings is 2. The van der Waals surface area contributed by atoms with Gasteiger partial charge < -0.3 is 25.0 Å². The topological polar surface area (TPSA) is 90.2 Å². The van der Waals surface area contributed by atoms with Crippen molar-refractivity contribution in [2.45, 2.75) is 31.4 Å². The number of carbonyl (C=O) groups excluding carboxylic acids is 1. The molecule has 0 saturated heterocycles. The molecule has 1 aliphatic carbocycles. The Hall–Kier alpha value is -2.62. The fraction of sp³-hybridized carbons (Fsp3) is 0.381. The number of fused-ring (bicyclic) bond motifs is 3. The molecule has 1 unspecified atom stereocenters. The van der Waals surface area contributed by atoms with Gasteiger partial charge in [0.25, 0.3) is 0 Å². The number of amides is 1. The Bertz CT molecular complexity index is 931. The van der Waals surface area contributed by atoms with Gasteiger partial charge in [-0.25, -0.2) is 0 Å². The van der Waals surface area contributed by atoms with Gasteiger partial charge in [-0.2, -0.15) is 13.2 Å². The highest BCUT2D eigenvalue weighted by atomic mass is 19.4. The first kappa shape index (κ1) is 22.1. The molecular formula is C21H22F3NO5. The summed E-state index contributed by atoms with van der Waals surface area (Å²) in [6, 6.07) is 9.97. The van der Waals surface area contributed by atoms with Gasteiger partial charge in [-0.05, 0) is 23.3 Å². The van der Waals surface area contributed by atoms with E-state index < -0.39 is 18.1 Å². The summed E-state index contributed by atoms with van der Waals surface area (Å²) >= 11 is 0. The van der Waals surface area contributed by atoms with Gasteiger partial charge in [-0.1, -0.05) is 30.3 Å². The van der Waals surface area contributed by atoms with E-state index in [1.54, 1.807) is 6.07 Å². The van der Waals surface area contributed by atoms with Gasteiger partial charge in [0.1, 0.15) is 12.4 Å². The number of nitrogens with zero attached hydrogens (tertiary/aromatic N) is 1. The third-order valence-electron chi connectivity index (χ3n) is 5.13. The molecule has 3 N–H and O–H groups in total. The number of hydrogen-bond acceptors (Lipinski definition) is 5. The number of halogens is 3. The van der Waals surface area contributed by atoms with Crippen molar-refractivity contribution in [1.29, 1.82) is 0 Å². The SMILES string of the molecule is CC(=O)N(CCOc1ccc2c(c1)C(O)(C(F)(F)F)c1ccccc1-2)CCC(O)O. The van der Waals surface area contributed by atoms with E-state index in [1.165, 1.54) is 48.2 Å². The van der Waals surface area contributed by atoms with Crippen LogP contribution in [0.2, 0.25) is 0 Å². The van der Waals surface area contributed by atoms with Crippen LogP contribution in [0.15, 0.2) is 42.5 Å². The van der Waals surface area contributed by atoms with E-state index in [9.17, 15) is 23.1 Å². The predicted molar refractivity (Wildman–Crippen MR) is 102 cm³/mol. The summed E-state index contributed by atoms with van der Waals surface area (Å²) in [5.74, 6) is -0.176. The summed E-state index contributed by atoms with van der Waals surface area (Å²) in [5, 5.41) is 28.6. The number of carbonyl (C=O) groups is 1. The zero-order chi connectivity index (χ0) is 22.1. The molecule has 2 aromatic rings. The second kappa shape index (κ2) is 8.25. The van der Waals surface area contributed by atoms with Crippen LogP contribution in [0.25, 0.3) is 11.1 Å². The van der Waals surface area contributed by atoms with Gasteiger partial charge in [0.15, 0.2) is 6.29 Å². The quantitative estimate of drug-likeness (QED) is 0.593. The fourth-order valence-electron chi connectivity index (χ4n) is 3.60. The molecule has 1 amide bonds. The predicted octanol–water partition coefficient (Wildman–Crippen LogP) is 2.39. The normalized spacial score (nSPS) is 17.6. The minimum absolute atomic E-state index is 0.0166. The van der Waals surface area contributed by atoms with Crippen LogP contribution in [0.4, 0.5) is 13.2 Å². The molecule has 9 heteroatoms. The minimum atomic E-state index is -4.93. The Balaban J connectivity index is 1.80. The molecule has 1 aliphatic rings. The molecule has 30 heavy (non-hydrogen) atoms. The summed E-state index contributed by atoms with van der Waals surface area (Å²) in [5.41, 5.74) is -3.08. The Morgan fingerprint density at radius 3 is 2.40 bits per heavy atom. The van der Waals surface area contributed by atoms with Crippen molar-refractivity contribution < 1.29 is 38.0 Å². The van der Waals surface area contributed by atoms with Crippen LogP contribution in [-0.4, -0.2) is 58.3 Å². The van der Waals surface area contributed by atoms with Crippen molar-refractivity contribution in [3.63, 3.8) is 0 Å². The number of alkyl halides is 3. The number of aliphatic hydroxyl groups is 3. The molecule has 162 valence electrons. The number of hydrogen-bond donors (Lipinski definition) is 3. The average molecular weight is 425 g/mol. The molecule has 3 rings (SSSR count). The lowest BCUT2D eigenvalue weighted by Crippen LogP contribution is -2.41. The molecule has 0 heterocycles. The van der Waals surface area contributed by atoms with E-state index in [-0.39, 0.29) is 54.5 Å². The van der Waals surface area contributed by atoms with Crippen LogP contribution in [0.1, 0.15) is 24.5 Å². The van der Waals surface area contributed by atoms with E-state index in [4.69, 9.17) is 14.9 Å². The molecule has 1 atom stereocenters. The molecule has 0 saturated carbocycles. The van der Waals surface area contributed by atoms with Gasteiger partial charge in [0, 0.05) is 31.0 Å². The molecule has 0 radical (unpaired) electrons. The van der Waals surface area contributed by atoms with Crippen LogP contribution in [0, 0.1) is 0 Å². The molecular weight excluding hydrogens is 403 g/mol. The average Bonchev–Trinajstić information content (AvgIpc) is 2.94. The maximum Gasteiger partial charge on any atom is 0.425 e. The zero-order valence-electron chi connectivity index (χ0n) is 16.2. The fourth-order valence-corrected chi connectivity index (χ4v) is 3.60. The van der Waals surface area contributed by atoms with Crippen molar-refractivity contribution in [3.8, 4) is 16.9 Å². The van der Waals surface area contributed by atoms with Crippen molar-refractivity contribution in [2.75, 3.05) is 19.7 Å². The summed E-state index contributed by atoms with van der Waals surface area (Å²) in [6.07, 6.45) is -6.51. The van der Waals surface area contributed by atoms with E-state index in [2.05, 4.69) is 0 Å². The molecule has 0 aliphatic heterocycles. The Morgan fingerprint density at radius 1 is 1.10 bits per heavy atom. The third kappa shape index (κ3) is 4.00. The molecule has 0 fully saturated rings. The van der Waals surface area contributed by atoms with E-state index >= 15 is 0 Å². The van der Waals surface area contributed by atoms with E-state index in [0.29, 0.717) is 5.56 Å². The van der Waals surface area contributed by atoms with Crippen LogP contribution >= 0.6 is 0 Å². The van der Waals surface area contributed by atoms with Crippen LogP contribution in [-0.2, 0) is 10.4 Å². The van der Waals surface area contributed by atoms with Crippen LogP contribution < -0.4 is 4.74 Å². The van der Waals surface area contributed by atoms with Gasteiger partial charge in [0.05, 0.1) is 6.54 Å². The third-order valence-corrected chi connectivity index (χ3v) is 5.13. The second-order valence-electron chi connectivity index (χ2n) is 7.08. The standard InChI is InChI=1S/C21H22F3NO5/c1-13(26)25(9-8-19(27)28)10-11-30-14-6-7-16-15-4-2-3-5-17(15)20(29,18(16)12-14)21(22,23)24/h2-7,12,19,27-29H,8-11H2,1H3. The monoisotopic (exact) mass is 425 g/mol. The number of ether oxygens (including phenoxy) is 1. The summed E-state index contributed by atoms with van der Waals surface area (Å²) in [4.78, 5) is 13.0. The highest BCUT2D eigenvalue weighted by molar-refractivity contribution is 5.81. The van der Waals surface area contributed by atoms with Gasteiger partial charge >= 0.3 is 6.18 Å². The van der Waals surface area contributed by atoms with E-state index in [0.717, 1.165) is 0 Å². The molecule has 0 bridgehead atoms. The largest absolute Gasteiger partial charge is 0.492 e. The molecule has 2 aromatic carbocycles. The van der Waals surface area contributed by atoms with Gasteiger partial charge in [0.2, 0.25) is 11.5 Å². The zero-order valence-corrected chi connectivity index (χ0v) is 16.2. The first-order chi connectivity index (χ1) is 14.1. The van der Waals surface area contributed by atoms with Gasteiger partial charge in [-0.3, -0.25) is 4.79 Å². The number of rotatable bonds is 7. The summed E-state index contributed by atoms with van der Waals surface area (Å²) < 4.78 is 47.1. The lowest BCUT2D eigenvalue weighted by molar-refractivity contribution is -0.246. The lowest BCUT2D eigenvalue weighted by atomic mass is 9.91. The maximum atomic E-state index is 13.9. The highest BCUT2D eigenvalue weighted by Crippen LogP contribution is 2.55. The van der Waals surface area contributed by atoms with Crippen molar-refractivity contribution >= 4 is 5.91 Å². The first-order valence-corrected chi connectivity index (χ1v) is 9.33. The smallest absolute Gasteiger partial charge is 0.425 e. The van der Waals surface area contributed by atoms with Crippen molar-refractivity contribution in [2.24, 2.45) is 0 Å². The second-order valence-corrected chi connectivity index (χ2v) is 7.08. The van der Waals surface area contributed by atoms with Crippen LogP contribution in [0.5, 0.6) is 5.75 Å². The number of aliphatic hydroxyl groups excluding tert-OH is 1. The summed E-state index contributed by atoms with van der Waals surface area (Å²) in [7, 11) is 0.